The predicted octanol–water partition coefficient (Wildman–Crippen LogP) is 3.33. The lowest BCUT2D eigenvalue weighted by Crippen LogP contribution is -2.47. The maximum Gasteiger partial charge on any atom is 0.243 e. The number of rotatable bonds is 3. The second-order valence-corrected chi connectivity index (χ2v) is 9.26. The predicted molar refractivity (Wildman–Crippen MR) is 97.7 cm³/mol. The molecule has 0 saturated carbocycles. The highest BCUT2D eigenvalue weighted by molar-refractivity contribution is 7.89. The van der Waals surface area contributed by atoms with Crippen molar-refractivity contribution in [1.29, 1.82) is 0 Å². The lowest BCUT2D eigenvalue weighted by atomic mass is 10.0. The molecule has 134 valence electrons. The average Bonchev–Trinajstić information content (AvgIpc) is 2.86. The molecule has 0 spiro atoms. The minimum atomic E-state index is -3.36. The first kappa shape index (κ1) is 17.9. The molecule has 2 fully saturated rings. The van der Waals surface area contributed by atoms with Crippen LogP contribution in [-0.2, 0) is 10.0 Å². The van der Waals surface area contributed by atoms with Crippen LogP contribution < -0.4 is 0 Å². The Kier molecular flexibility index (Phi) is 5.63. The van der Waals surface area contributed by atoms with Gasteiger partial charge in [0, 0.05) is 19.1 Å². The van der Waals surface area contributed by atoms with Crippen LogP contribution in [0.2, 0.25) is 0 Å². The zero-order chi connectivity index (χ0) is 17.2. The van der Waals surface area contributed by atoms with E-state index in [9.17, 15) is 8.42 Å². The Bertz CT molecular complexity index is 656. The van der Waals surface area contributed by atoms with Crippen LogP contribution in [0.15, 0.2) is 23.1 Å². The summed E-state index contributed by atoms with van der Waals surface area (Å²) in [6.45, 7) is 7.51. The van der Waals surface area contributed by atoms with Crippen molar-refractivity contribution in [3.8, 4) is 0 Å². The number of nitrogens with zero attached hydrogens (tertiary/aromatic N) is 2. The zero-order valence-corrected chi connectivity index (χ0v) is 15.8. The van der Waals surface area contributed by atoms with Gasteiger partial charge in [0.2, 0.25) is 10.0 Å². The van der Waals surface area contributed by atoms with Crippen molar-refractivity contribution in [2.75, 3.05) is 26.2 Å². The van der Waals surface area contributed by atoms with Crippen LogP contribution in [0.3, 0.4) is 0 Å². The van der Waals surface area contributed by atoms with Gasteiger partial charge in [0.1, 0.15) is 0 Å². The van der Waals surface area contributed by atoms with Gasteiger partial charge in [0.25, 0.3) is 0 Å². The molecule has 3 rings (SSSR count). The van der Waals surface area contributed by atoms with E-state index < -0.39 is 10.0 Å². The first-order valence-corrected chi connectivity index (χ1v) is 10.7. The largest absolute Gasteiger partial charge is 0.300 e. The fourth-order valence-corrected chi connectivity index (χ4v) is 5.81. The van der Waals surface area contributed by atoms with Gasteiger partial charge >= 0.3 is 0 Å². The summed E-state index contributed by atoms with van der Waals surface area (Å²) in [7, 11) is -3.36. The molecule has 5 heteroatoms. The summed E-state index contributed by atoms with van der Waals surface area (Å²) < 4.78 is 27.7. The molecule has 0 aromatic heterocycles. The number of benzene rings is 1. The maximum absolute atomic E-state index is 13.0. The van der Waals surface area contributed by atoms with Crippen molar-refractivity contribution >= 4 is 10.0 Å². The summed E-state index contributed by atoms with van der Waals surface area (Å²) in [4.78, 5) is 3.09. The van der Waals surface area contributed by atoms with Crippen molar-refractivity contribution in [2.24, 2.45) is 0 Å². The molecule has 2 heterocycles. The maximum atomic E-state index is 13.0. The van der Waals surface area contributed by atoms with Gasteiger partial charge in [-0.2, -0.15) is 4.31 Å². The second-order valence-electron chi connectivity index (χ2n) is 7.35. The molecule has 1 aromatic carbocycles. The SMILES string of the molecule is Cc1ccc(C)c(S(=O)(=O)N2CCC(N3CCCCCC3)CC2)c1. The minimum absolute atomic E-state index is 0.482. The standard InChI is InChI=1S/C19H30N2O2S/c1-16-7-8-17(2)19(15-16)24(22,23)21-13-9-18(10-14-21)20-11-5-3-4-6-12-20/h7-8,15,18H,3-6,9-14H2,1-2H3. The van der Waals surface area contributed by atoms with Crippen LogP contribution in [0.1, 0.15) is 49.7 Å². The topological polar surface area (TPSA) is 40.6 Å². The molecule has 0 N–H and O–H groups in total. The zero-order valence-electron chi connectivity index (χ0n) is 15.0. The monoisotopic (exact) mass is 350 g/mol. The Morgan fingerprint density at radius 1 is 0.917 bits per heavy atom. The number of hydrogen-bond acceptors (Lipinski definition) is 3. The van der Waals surface area contributed by atoms with Crippen LogP contribution in [0, 0.1) is 13.8 Å². The van der Waals surface area contributed by atoms with E-state index in [0.29, 0.717) is 24.0 Å². The molecular formula is C19H30N2O2S. The Balaban J connectivity index is 1.68. The Labute approximate surface area is 146 Å². The van der Waals surface area contributed by atoms with Crippen molar-refractivity contribution < 1.29 is 8.42 Å². The molecule has 4 nitrogen and oxygen atoms in total. The van der Waals surface area contributed by atoms with Crippen molar-refractivity contribution in [3.05, 3.63) is 29.3 Å². The average molecular weight is 351 g/mol. The van der Waals surface area contributed by atoms with E-state index in [2.05, 4.69) is 4.90 Å². The van der Waals surface area contributed by atoms with Crippen molar-refractivity contribution in [1.82, 2.24) is 9.21 Å². The molecule has 0 amide bonds. The molecule has 0 unspecified atom stereocenters. The number of hydrogen-bond donors (Lipinski definition) is 0. The third-order valence-corrected chi connectivity index (χ3v) is 7.58. The van der Waals surface area contributed by atoms with E-state index in [0.717, 1.165) is 24.0 Å². The lowest BCUT2D eigenvalue weighted by molar-refractivity contribution is 0.144. The van der Waals surface area contributed by atoms with Gasteiger partial charge in [-0.3, -0.25) is 0 Å². The normalized spacial score (nSPS) is 22.4. The van der Waals surface area contributed by atoms with Gasteiger partial charge in [-0.15, -0.1) is 0 Å². The smallest absolute Gasteiger partial charge is 0.243 e. The van der Waals surface area contributed by atoms with E-state index in [-0.39, 0.29) is 0 Å². The summed E-state index contributed by atoms with van der Waals surface area (Å²) in [6.07, 6.45) is 7.20. The van der Waals surface area contributed by atoms with Crippen LogP contribution >= 0.6 is 0 Å². The Hall–Kier alpha value is -0.910. The molecule has 24 heavy (non-hydrogen) atoms. The van der Waals surface area contributed by atoms with Gasteiger partial charge in [-0.05, 0) is 69.8 Å². The van der Waals surface area contributed by atoms with Crippen molar-refractivity contribution in [3.63, 3.8) is 0 Å². The number of sulfonamides is 1. The van der Waals surface area contributed by atoms with Crippen LogP contribution in [-0.4, -0.2) is 49.8 Å². The summed E-state index contributed by atoms with van der Waals surface area (Å²) >= 11 is 0. The van der Waals surface area contributed by atoms with Gasteiger partial charge in [0.05, 0.1) is 4.90 Å². The fraction of sp³-hybridized carbons (Fsp3) is 0.684. The van der Waals surface area contributed by atoms with E-state index in [4.69, 9.17) is 0 Å². The number of aryl methyl sites for hydroxylation is 2. The van der Waals surface area contributed by atoms with Crippen LogP contribution in [0.5, 0.6) is 0 Å². The molecule has 2 aliphatic rings. The quantitative estimate of drug-likeness (QED) is 0.839. The highest BCUT2D eigenvalue weighted by Gasteiger charge is 2.32. The third-order valence-electron chi connectivity index (χ3n) is 5.54. The summed E-state index contributed by atoms with van der Waals surface area (Å²) in [5, 5.41) is 0. The van der Waals surface area contributed by atoms with Crippen molar-refractivity contribution in [2.45, 2.75) is 63.3 Å². The molecule has 0 atom stereocenters. The number of piperidine rings is 1. The second kappa shape index (κ2) is 7.54. The Morgan fingerprint density at radius 3 is 2.17 bits per heavy atom. The molecule has 0 aliphatic carbocycles. The fourth-order valence-electron chi connectivity index (χ4n) is 4.03. The Morgan fingerprint density at radius 2 is 1.54 bits per heavy atom. The molecule has 1 aromatic rings. The van der Waals surface area contributed by atoms with Gasteiger partial charge in [0.15, 0.2) is 0 Å². The third kappa shape index (κ3) is 3.84. The summed E-state index contributed by atoms with van der Waals surface area (Å²) in [6, 6.07) is 6.26. The first-order valence-electron chi connectivity index (χ1n) is 9.30. The van der Waals surface area contributed by atoms with Gasteiger partial charge < -0.3 is 4.90 Å². The molecule has 2 aliphatic heterocycles. The molecular weight excluding hydrogens is 320 g/mol. The molecule has 0 bridgehead atoms. The first-order chi connectivity index (χ1) is 11.5. The lowest BCUT2D eigenvalue weighted by Gasteiger charge is -2.37. The van der Waals surface area contributed by atoms with Crippen LogP contribution in [0.4, 0.5) is 0 Å². The number of likely N-dealkylation sites (tertiary alicyclic amines) is 1. The molecule has 2 saturated heterocycles. The van der Waals surface area contributed by atoms with E-state index in [1.165, 1.54) is 38.8 Å². The highest BCUT2D eigenvalue weighted by Crippen LogP contribution is 2.27. The van der Waals surface area contributed by atoms with Gasteiger partial charge in [-0.1, -0.05) is 25.0 Å². The van der Waals surface area contributed by atoms with E-state index in [1.54, 1.807) is 4.31 Å². The van der Waals surface area contributed by atoms with E-state index in [1.807, 2.05) is 32.0 Å². The molecule has 0 radical (unpaired) electrons. The van der Waals surface area contributed by atoms with Crippen LogP contribution in [0.25, 0.3) is 0 Å². The van der Waals surface area contributed by atoms with E-state index >= 15 is 0 Å². The summed E-state index contributed by atoms with van der Waals surface area (Å²) in [5.74, 6) is 0. The minimum Gasteiger partial charge on any atom is -0.300 e. The van der Waals surface area contributed by atoms with Gasteiger partial charge in [-0.25, -0.2) is 8.42 Å². The summed E-state index contributed by atoms with van der Waals surface area (Å²) in [5.41, 5.74) is 1.84. The highest BCUT2D eigenvalue weighted by atomic mass is 32.2.